The normalized spacial score (nSPS) is 16.1. The molecular formula is C15H22ClNO2S. The van der Waals surface area contributed by atoms with Crippen molar-refractivity contribution in [2.24, 2.45) is 5.92 Å². The first kappa shape index (κ1) is 15.8. The minimum atomic E-state index is -3.43. The molecule has 0 aromatic heterocycles. The Labute approximate surface area is 127 Å². The molecule has 0 radical (unpaired) electrons. The molecule has 0 unspecified atom stereocenters. The zero-order chi connectivity index (χ0) is 14.9. The summed E-state index contributed by atoms with van der Waals surface area (Å²) >= 11 is 5.88. The average Bonchev–Trinajstić information content (AvgIpc) is 3.19. The summed E-state index contributed by atoms with van der Waals surface area (Å²) in [5.41, 5.74) is 1.90. The van der Waals surface area contributed by atoms with Gasteiger partial charge in [-0.1, -0.05) is 6.07 Å². The standard InChI is InChI=1S/C15H22ClNO2S/c1-11(2)17(10-13-5-6-13)20(18,19)15-7-4-12(3)14(8-15)9-16/h4,7-8,11,13H,5-6,9-10H2,1-3H3. The van der Waals surface area contributed by atoms with Gasteiger partial charge in [-0.05, 0) is 62.8 Å². The van der Waals surface area contributed by atoms with Crippen LogP contribution in [0, 0.1) is 12.8 Å². The first-order chi connectivity index (χ1) is 9.36. The molecule has 20 heavy (non-hydrogen) atoms. The Bertz CT molecular complexity index is 580. The van der Waals surface area contributed by atoms with Crippen LogP contribution in [0.15, 0.2) is 23.1 Å². The number of sulfonamides is 1. The smallest absolute Gasteiger partial charge is 0.207 e. The second kappa shape index (κ2) is 6.04. The van der Waals surface area contributed by atoms with Crippen molar-refractivity contribution >= 4 is 21.6 Å². The number of alkyl halides is 1. The Balaban J connectivity index is 2.36. The van der Waals surface area contributed by atoms with Crippen LogP contribution in [0.25, 0.3) is 0 Å². The van der Waals surface area contributed by atoms with Crippen molar-refractivity contribution in [2.75, 3.05) is 6.54 Å². The van der Waals surface area contributed by atoms with Crippen LogP contribution in [0.4, 0.5) is 0 Å². The van der Waals surface area contributed by atoms with Crippen LogP contribution in [0.1, 0.15) is 37.8 Å². The zero-order valence-corrected chi connectivity index (χ0v) is 13.8. The highest BCUT2D eigenvalue weighted by atomic mass is 35.5. The molecule has 1 aromatic carbocycles. The van der Waals surface area contributed by atoms with Gasteiger partial charge in [-0.3, -0.25) is 0 Å². The van der Waals surface area contributed by atoms with Crippen molar-refractivity contribution in [3.05, 3.63) is 29.3 Å². The molecule has 0 saturated heterocycles. The molecule has 2 rings (SSSR count). The van der Waals surface area contributed by atoms with Gasteiger partial charge < -0.3 is 0 Å². The van der Waals surface area contributed by atoms with Crippen molar-refractivity contribution in [3.63, 3.8) is 0 Å². The third kappa shape index (κ3) is 3.35. The van der Waals surface area contributed by atoms with Crippen molar-refractivity contribution < 1.29 is 8.42 Å². The Hall–Kier alpha value is -0.580. The molecule has 0 amide bonds. The van der Waals surface area contributed by atoms with Crippen molar-refractivity contribution in [1.82, 2.24) is 4.31 Å². The van der Waals surface area contributed by atoms with Gasteiger partial charge in [-0.15, -0.1) is 11.6 Å². The van der Waals surface area contributed by atoms with Crippen LogP contribution in [0.3, 0.4) is 0 Å². The molecule has 0 spiro atoms. The third-order valence-corrected chi connectivity index (χ3v) is 6.11. The van der Waals surface area contributed by atoms with E-state index in [1.165, 1.54) is 0 Å². The number of nitrogens with zero attached hydrogens (tertiary/aromatic N) is 1. The number of benzene rings is 1. The van der Waals surface area contributed by atoms with E-state index < -0.39 is 10.0 Å². The Morgan fingerprint density at radius 3 is 2.50 bits per heavy atom. The second-order valence-electron chi connectivity index (χ2n) is 5.83. The maximum atomic E-state index is 12.8. The Kier molecular flexibility index (Phi) is 4.77. The molecule has 1 aliphatic carbocycles. The molecule has 0 aliphatic heterocycles. The summed E-state index contributed by atoms with van der Waals surface area (Å²) in [4.78, 5) is 0.355. The quantitative estimate of drug-likeness (QED) is 0.753. The zero-order valence-electron chi connectivity index (χ0n) is 12.3. The van der Waals surface area contributed by atoms with E-state index in [2.05, 4.69) is 0 Å². The van der Waals surface area contributed by atoms with Crippen molar-refractivity contribution in [3.8, 4) is 0 Å². The Morgan fingerprint density at radius 1 is 1.35 bits per heavy atom. The van der Waals surface area contributed by atoms with Crippen LogP contribution >= 0.6 is 11.6 Å². The van der Waals surface area contributed by atoms with Crippen LogP contribution in [0.5, 0.6) is 0 Å². The second-order valence-corrected chi connectivity index (χ2v) is 7.99. The highest BCUT2D eigenvalue weighted by Crippen LogP contribution is 2.32. The largest absolute Gasteiger partial charge is 0.243 e. The van der Waals surface area contributed by atoms with E-state index in [9.17, 15) is 8.42 Å². The van der Waals surface area contributed by atoms with Gasteiger partial charge in [0.25, 0.3) is 0 Å². The van der Waals surface area contributed by atoms with Gasteiger partial charge >= 0.3 is 0 Å². The lowest BCUT2D eigenvalue weighted by Gasteiger charge is -2.26. The molecule has 3 nitrogen and oxygen atoms in total. The van der Waals surface area contributed by atoms with Crippen LogP contribution < -0.4 is 0 Å². The van der Waals surface area contributed by atoms with Gasteiger partial charge in [0, 0.05) is 18.5 Å². The number of halogens is 1. The molecule has 0 atom stereocenters. The summed E-state index contributed by atoms with van der Waals surface area (Å²) < 4.78 is 27.2. The van der Waals surface area contributed by atoms with Crippen LogP contribution in [-0.2, 0) is 15.9 Å². The third-order valence-electron chi connectivity index (χ3n) is 3.78. The molecule has 1 aliphatic rings. The molecule has 0 bridgehead atoms. The number of hydrogen-bond donors (Lipinski definition) is 0. The van der Waals surface area contributed by atoms with Gasteiger partial charge in [-0.2, -0.15) is 4.31 Å². The van der Waals surface area contributed by atoms with Crippen molar-refractivity contribution in [1.29, 1.82) is 0 Å². The summed E-state index contributed by atoms with van der Waals surface area (Å²) in [6.45, 7) is 6.43. The number of rotatable bonds is 6. The van der Waals surface area contributed by atoms with E-state index in [1.807, 2.05) is 26.8 Å². The first-order valence-electron chi connectivity index (χ1n) is 7.03. The van der Waals surface area contributed by atoms with E-state index in [4.69, 9.17) is 11.6 Å². The molecule has 0 N–H and O–H groups in total. The molecule has 1 saturated carbocycles. The maximum Gasteiger partial charge on any atom is 0.243 e. The lowest BCUT2D eigenvalue weighted by atomic mass is 10.1. The van der Waals surface area contributed by atoms with E-state index in [1.54, 1.807) is 16.4 Å². The summed E-state index contributed by atoms with van der Waals surface area (Å²) in [5, 5.41) is 0. The highest BCUT2D eigenvalue weighted by Gasteiger charge is 2.33. The van der Waals surface area contributed by atoms with Gasteiger partial charge in [0.05, 0.1) is 4.90 Å². The molecule has 112 valence electrons. The van der Waals surface area contributed by atoms with Gasteiger partial charge in [0.1, 0.15) is 0 Å². The summed E-state index contributed by atoms with van der Waals surface area (Å²) in [6, 6.07) is 5.20. The molecule has 5 heteroatoms. The first-order valence-corrected chi connectivity index (χ1v) is 9.01. The topological polar surface area (TPSA) is 37.4 Å². The fourth-order valence-corrected chi connectivity index (χ4v) is 4.28. The van der Waals surface area contributed by atoms with E-state index in [0.29, 0.717) is 23.2 Å². The fourth-order valence-electron chi connectivity index (χ4n) is 2.23. The SMILES string of the molecule is Cc1ccc(S(=O)(=O)N(CC2CC2)C(C)C)cc1CCl. The predicted molar refractivity (Wildman–Crippen MR) is 82.5 cm³/mol. The minimum absolute atomic E-state index is 0.0265. The lowest BCUT2D eigenvalue weighted by Crippen LogP contribution is -2.38. The predicted octanol–water partition coefficient (Wildman–Crippen LogP) is 3.54. The van der Waals surface area contributed by atoms with E-state index >= 15 is 0 Å². The van der Waals surface area contributed by atoms with E-state index in [0.717, 1.165) is 24.0 Å². The Morgan fingerprint density at radius 2 is 2.00 bits per heavy atom. The van der Waals surface area contributed by atoms with Gasteiger partial charge in [-0.25, -0.2) is 8.42 Å². The number of hydrogen-bond acceptors (Lipinski definition) is 2. The monoisotopic (exact) mass is 315 g/mol. The van der Waals surface area contributed by atoms with Crippen LogP contribution in [0.2, 0.25) is 0 Å². The number of aryl methyl sites for hydroxylation is 1. The molecule has 0 heterocycles. The molecule has 1 aromatic rings. The lowest BCUT2D eigenvalue weighted by molar-refractivity contribution is 0.341. The fraction of sp³-hybridized carbons (Fsp3) is 0.600. The maximum absolute atomic E-state index is 12.8. The minimum Gasteiger partial charge on any atom is -0.207 e. The van der Waals surface area contributed by atoms with Gasteiger partial charge in [0.15, 0.2) is 0 Å². The van der Waals surface area contributed by atoms with Gasteiger partial charge in [0.2, 0.25) is 10.0 Å². The summed E-state index contributed by atoms with van der Waals surface area (Å²) in [7, 11) is -3.43. The molecule has 1 fully saturated rings. The summed E-state index contributed by atoms with van der Waals surface area (Å²) in [6.07, 6.45) is 2.28. The summed E-state index contributed by atoms with van der Waals surface area (Å²) in [5.74, 6) is 0.865. The highest BCUT2D eigenvalue weighted by molar-refractivity contribution is 7.89. The molecular weight excluding hydrogens is 294 g/mol. The van der Waals surface area contributed by atoms with E-state index in [-0.39, 0.29) is 6.04 Å². The average molecular weight is 316 g/mol. The van der Waals surface area contributed by atoms with Crippen molar-refractivity contribution in [2.45, 2.75) is 50.4 Å². The van der Waals surface area contributed by atoms with Crippen LogP contribution in [-0.4, -0.2) is 25.3 Å².